The fraction of sp³-hybridized carbons (Fsp3) is 0.588. The molecule has 0 heterocycles. The van der Waals surface area contributed by atoms with Gasteiger partial charge in [0, 0.05) is 6.04 Å². The monoisotopic (exact) mass is 277 g/mol. The van der Waals surface area contributed by atoms with Gasteiger partial charge in [-0.15, -0.1) is 0 Å². The van der Waals surface area contributed by atoms with E-state index in [2.05, 4.69) is 12.2 Å². The molecule has 2 rings (SSSR count). The van der Waals surface area contributed by atoms with E-state index < -0.39 is 5.82 Å². The second kappa shape index (κ2) is 6.87. The summed E-state index contributed by atoms with van der Waals surface area (Å²) in [7, 11) is 0. The second-order valence-corrected chi connectivity index (χ2v) is 5.90. The molecule has 1 N–H and O–H groups in total. The van der Waals surface area contributed by atoms with Crippen LogP contribution in [0.1, 0.15) is 61.4 Å². The zero-order valence-corrected chi connectivity index (χ0v) is 12.4. The van der Waals surface area contributed by atoms with Gasteiger partial charge in [0.05, 0.1) is 5.56 Å². The molecule has 2 nitrogen and oxygen atoms in total. The minimum atomic E-state index is -0.434. The minimum absolute atomic E-state index is 0.172. The molecule has 2 atom stereocenters. The maximum Gasteiger partial charge on any atom is 0.254 e. The van der Waals surface area contributed by atoms with Crippen molar-refractivity contribution in [2.45, 2.75) is 58.4 Å². The Morgan fingerprint density at radius 3 is 2.95 bits per heavy atom. The molecule has 1 aromatic rings. The first-order chi connectivity index (χ1) is 9.61. The van der Waals surface area contributed by atoms with Crippen molar-refractivity contribution in [2.24, 2.45) is 5.92 Å². The van der Waals surface area contributed by atoms with E-state index in [1.165, 1.54) is 25.3 Å². The van der Waals surface area contributed by atoms with Crippen LogP contribution in [0.2, 0.25) is 0 Å². The highest BCUT2D eigenvalue weighted by atomic mass is 19.1. The van der Waals surface area contributed by atoms with Crippen LogP contribution in [0.4, 0.5) is 4.39 Å². The standard InChI is InChI=1S/C17H24FNO/c1-3-4-6-13-7-5-8-16(13)19-17(20)14-11-12(2)9-10-15(14)18/h9-11,13,16H,3-8H2,1-2H3,(H,19,20). The molecule has 20 heavy (non-hydrogen) atoms. The summed E-state index contributed by atoms with van der Waals surface area (Å²) in [6.07, 6.45) is 6.92. The molecule has 2 unspecified atom stereocenters. The number of nitrogens with one attached hydrogen (secondary N) is 1. The average molecular weight is 277 g/mol. The number of rotatable bonds is 5. The van der Waals surface area contributed by atoms with E-state index >= 15 is 0 Å². The van der Waals surface area contributed by atoms with Crippen LogP contribution in [0.15, 0.2) is 18.2 Å². The van der Waals surface area contributed by atoms with Crippen molar-refractivity contribution in [2.75, 3.05) is 0 Å². The molecule has 0 spiro atoms. The maximum absolute atomic E-state index is 13.7. The van der Waals surface area contributed by atoms with Crippen LogP contribution in [0.3, 0.4) is 0 Å². The van der Waals surface area contributed by atoms with Crippen LogP contribution < -0.4 is 5.32 Å². The van der Waals surface area contributed by atoms with Gasteiger partial charge in [-0.2, -0.15) is 0 Å². The molecule has 1 aliphatic carbocycles. The molecule has 110 valence electrons. The Morgan fingerprint density at radius 1 is 1.40 bits per heavy atom. The van der Waals surface area contributed by atoms with Crippen molar-refractivity contribution in [1.82, 2.24) is 5.32 Å². The topological polar surface area (TPSA) is 29.1 Å². The van der Waals surface area contributed by atoms with Gasteiger partial charge in [0.2, 0.25) is 0 Å². The SMILES string of the molecule is CCCCC1CCCC1NC(=O)c1cc(C)ccc1F. The highest BCUT2D eigenvalue weighted by molar-refractivity contribution is 5.94. The zero-order chi connectivity index (χ0) is 14.5. The summed E-state index contributed by atoms with van der Waals surface area (Å²) in [4.78, 5) is 12.2. The first-order valence-corrected chi connectivity index (χ1v) is 7.69. The van der Waals surface area contributed by atoms with E-state index in [1.807, 2.05) is 6.92 Å². The van der Waals surface area contributed by atoms with Gasteiger partial charge in [0.25, 0.3) is 5.91 Å². The van der Waals surface area contributed by atoms with Crippen LogP contribution >= 0.6 is 0 Å². The lowest BCUT2D eigenvalue weighted by atomic mass is 9.96. The van der Waals surface area contributed by atoms with E-state index in [4.69, 9.17) is 0 Å². The largest absolute Gasteiger partial charge is 0.349 e. The summed E-state index contributed by atoms with van der Waals surface area (Å²) in [5.41, 5.74) is 1.08. The number of halogens is 1. The lowest BCUT2D eigenvalue weighted by Gasteiger charge is -2.21. The summed E-state index contributed by atoms with van der Waals surface area (Å²) < 4.78 is 13.7. The van der Waals surface area contributed by atoms with Gasteiger partial charge in [-0.25, -0.2) is 4.39 Å². The zero-order valence-electron chi connectivity index (χ0n) is 12.4. The molecule has 1 aromatic carbocycles. The van der Waals surface area contributed by atoms with Crippen LogP contribution in [0.25, 0.3) is 0 Å². The van der Waals surface area contributed by atoms with Crippen molar-refractivity contribution < 1.29 is 9.18 Å². The lowest BCUT2D eigenvalue weighted by molar-refractivity contribution is 0.0922. The van der Waals surface area contributed by atoms with Crippen molar-refractivity contribution in [3.63, 3.8) is 0 Å². The fourth-order valence-corrected chi connectivity index (χ4v) is 3.10. The summed E-state index contributed by atoms with van der Waals surface area (Å²) in [6, 6.07) is 4.90. The summed E-state index contributed by atoms with van der Waals surface area (Å²) >= 11 is 0. The maximum atomic E-state index is 13.7. The molecule has 1 fully saturated rings. The van der Waals surface area contributed by atoms with Gasteiger partial charge in [0.15, 0.2) is 0 Å². The van der Waals surface area contributed by atoms with Crippen molar-refractivity contribution in [3.05, 3.63) is 35.1 Å². The molecule has 1 amide bonds. The quantitative estimate of drug-likeness (QED) is 0.857. The molecule has 0 aromatic heterocycles. The van der Waals surface area contributed by atoms with E-state index in [9.17, 15) is 9.18 Å². The van der Waals surface area contributed by atoms with E-state index in [0.29, 0.717) is 5.92 Å². The highest BCUT2D eigenvalue weighted by Crippen LogP contribution is 2.30. The average Bonchev–Trinajstić information content (AvgIpc) is 2.86. The molecule has 0 radical (unpaired) electrons. The number of hydrogen-bond acceptors (Lipinski definition) is 1. The van der Waals surface area contributed by atoms with Gasteiger partial charge in [-0.05, 0) is 44.2 Å². The highest BCUT2D eigenvalue weighted by Gasteiger charge is 2.28. The van der Waals surface area contributed by atoms with Crippen molar-refractivity contribution in [3.8, 4) is 0 Å². The molecule has 0 bridgehead atoms. The lowest BCUT2D eigenvalue weighted by Crippen LogP contribution is -2.37. The number of benzene rings is 1. The van der Waals surface area contributed by atoms with Crippen LogP contribution in [-0.2, 0) is 0 Å². The third-order valence-electron chi connectivity index (χ3n) is 4.27. The number of unbranched alkanes of at least 4 members (excludes halogenated alkanes) is 1. The fourth-order valence-electron chi connectivity index (χ4n) is 3.10. The number of hydrogen-bond donors (Lipinski definition) is 1. The predicted molar refractivity (Wildman–Crippen MR) is 79.3 cm³/mol. The van der Waals surface area contributed by atoms with Crippen LogP contribution in [0, 0.1) is 18.7 Å². The first-order valence-electron chi connectivity index (χ1n) is 7.69. The molecular formula is C17H24FNO. The number of aryl methyl sites for hydroxylation is 1. The van der Waals surface area contributed by atoms with Crippen molar-refractivity contribution in [1.29, 1.82) is 0 Å². The van der Waals surface area contributed by atoms with Crippen LogP contribution in [0.5, 0.6) is 0 Å². The smallest absolute Gasteiger partial charge is 0.254 e. The Labute approximate surface area is 120 Å². The predicted octanol–water partition coefficient (Wildman–Crippen LogP) is 4.22. The molecular weight excluding hydrogens is 253 g/mol. The molecule has 1 saturated carbocycles. The Hall–Kier alpha value is -1.38. The van der Waals surface area contributed by atoms with Gasteiger partial charge < -0.3 is 5.32 Å². The molecule has 0 saturated heterocycles. The number of carbonyl (C=O) groups is 1. The third kappa shape index (κ3) is 3.59. The van der Waals surface area contributed by atoms with Gasteiger partial charge in [-0.3, -0.25) is 4.79 Å². The van der Waals surface area contributed by atoms with Gasteiger partial charge in [0.1, 0.15) is 5.82 Å². The van der Waals surface area contributed by atoms with Gasteiger partial charge in [-0.1, -0.05) is 37.8 Å². The summed E-state index contributed by atoms with van der Waals surface area (Å²) in [5, 5.41) is 3.04. The van der Waals surface area contributed by atoms with Crippen molar-refractivity contribution >= 4 is 5.91 Å². The normalized spacial score (nSPS) is 21.9. The third-order valence-corrected chi connectivity index (χ3v) is 4.27. The Morgan fingerprint density at radius 2 is 2.20 bits per heavy atom. The first kappa shape index (κ1) is 15.0. The summed E-state index contributed by atoms with van der Waals surface area (Å²) in [5.74, 6) is -0.137. The molecule has 1 aliphatic rings. The Kier molecular flexibility index (Phi) is 5.16. The van der Waals surface area contributed by atoms with Crippen LogP contribution in [-0.4, -0.2) is 11.9 Å². The Bertz CT molecular complexity index is 472. The van der Waals surface area contributed by atoms with E-state index in [-0.39, 0.29) is 17.5 Å². The van der Waals surface area contributed by atoms with Gasteiger partial charge >= 0.3 is 0 Å². The second-order valence-electron chi connectivity index (χ2n) is 5.90. The Balaban J connectivity index is 2.01. The van der Waals surface area contributed by atoms with E-state index in [1.54, 1.807) is 12.1 Å². The molecule has 3 heteroatoms. The van der Waals surface area contributed by atoms with E-state index in [0.717, 1.165) is 24.8 Å². The molecule has 0 aliphatic heterocycles. The minimum Gasteiger partial charge on any atom is -0.349 e. The summed E-state index contributed by atoms with van der Waals surface area (Å²) in [6.45, 7) is 4.06. The number of carbonyl (C=O) groups excluding carboxylic acids is 1. The number of amides is 1.